The molecule has 1 aromatic rings. The molecule has 0 unspecified atom stereocenters. The molecule has 0 aliphatic carbocycles. The summed E-state index contributed by atoms with van der Waals surface area (Å²) >= 11 is 0. The molecule has 0 aromatic heterocycles. The minimum atomic E-state index is -0.319. The SMILES string of the molecule is CN(C)CC(=O)Oc1ccc(O)cc1. The molecule has 4 nitrogen and oxygen atoms in total. The highest BCUT2D eigenvalue weighted by molar-refractivity contribution is 5.74. The molecule has 0 radical (unpaired) electrons. The van der Waals surface area contributed by atoms with Crippen molar-refractivity contribution in [1.29, 1.82) is 0 Å². The Balaban J connectivity index is 2.52. The second kappa shape index (κ2) is 4.62. The van der Waals surface area contributed by atoms with Gasteiger partial charge in [0, 0.05) is 0 Å². The van der Waals surface area contributed by atoms with E-state index in [1.165, 1.54) is 12.1 Å². The summed E-state index contributed by atoms with van der Waals surface area (Å²) in [6, 6.07) is 6.03. The van der Waals surface area contributed by atoms with Gasteiger partial charge in [0.05, 0.1) is 6.54 Å². The van der Waals surface area contributed by atoms with Crippen LogP contribution in [0.3, 0.4) is 0 Å². The topological polar surface area (TPSA) is 49.8 Å². The zero-order chi connectivity index (χ0) is 10.6. The van der Waals surface area contributed by atoms with Crippen molar-refractivity contribution >= 4 is 5.97 Å². The van der Waals surface area contributed by atoms with E-state index in [4.69, 9.17) is 9.84 Å². The fourth-order valence-corrected chi connectivity index (χ4v) is 0.936. The maximum atomic E-state index is 11.2. The number of benzene rings is 1. The first-order chi connectivity index (χ1) is 6.58. The Bertz CT molecular complexity index is 306. The number of rotatable bonds is 3. The van der Waals surface area contributed by atoms with Gasteiger partial charge in [-0.25, -0.2) is 0 Å². The fourth-order valence-electron chi connectivity index (χ4n) is 0.936. The average molecular weight is 195 g/mol. The van der Waals surface area contributed by atoms with Crippen LogP contribution in [0.15, 0.2) is 24.3 Å². The first-order valence-electron chi connectivity index (χ1n) is 4.22. The first kappa shape index (κ1) is 10.5. The standard InChI is InChI=1S/C10H13NO3/c1-11(2)7-10(13)14-9-5-3-8(12)4-6-9/h3-6,12H,7H2,1-2H3. The van der Waals surface area contributed by atoms with E-state index in [9.17, 15) is 4.79 Å². The van der Waals surface area contributed by atoms with E-state index < -0.39 is 0 Å². The molecule has 0 fully saturated rings. The number of phenolic OH excluding ortho intramolecular Hbond substituents is 1. The van der Waals surface area contributed by atoms with Crippen LogP contribution >= 0.6 is 0 Å². The number of aromatic hydroxyl groups is 1. The van der Waals surface area contributed by atoms with Gasteiger partial charge in [-0.15, -0.1) is 0 Å². The lowest BCUT2D eigenvalue weighted by atomic mass is 10.3. The lowest BCUT2D eigenvalue weighted by molar-refractivity contribution is -0.135. The van der Waals surface area contributed by atoms with Gasteiger partial charge in [-0.05, 0) is 38.4 Å². The first-order valence-corrected chi connectivity index (χ1v) is 4.22. The third kappa shape index (κ3) is 3.45. The number of carbonyl (C=O) groups is 1. The van der Waals surface area contributed by atoms with Gasteiger partial charge < -0.3 is 9.84 Å². The number of hydrogen-bond acceptors (Lipinski definition) is 4. The number of carbonyl (C=O) groups excluding carboxylic acids is 1. The fraction of sp³-hybridized carbons (Fsp3) is 0.300. The molecule has 0 spiro atoms. The lowest BCUT2D eigenvalue weighted by Crippen LogP contribution is -2.25. The summed E-state index contributed by atoms with van der Waals surface area (Å²) in [7, 11) is 3.58. The predicted molar refractivity (Wildman–Crippen MR) is 52.3 cm³/mol. The largest absolute Gasteiger partial charge is 0.508 e. The molecule has 14 heavy (non-hydrogen) atoms. The van der Waals surface area contributed by atoms with Crippen molar-refractivity contribution in [1.82, 2.24) is 4.90 Å². The average Bonchev–Trinajstić information content (AvgIpc) is 2.07. The van der Waals surface area contributed by atoms with Crippen LogP contribution in [0.1, 0.15) is 0 Å². The number of ether oxygens (including phenoxy) is 1. The Morgan fingerprint density at radius 1 is 1.36 bits per heavy atom. The molecule has 0 atom stereocenters. The molecule has 0 amide bonds. The quantitative estimate of drug-likeness (QED) is 0.574. The summed E-state index contributed by atoms with van der Waals surface area (Å²) < 4.78 is 4.99. The maximum Gasteiger partial charge on any atom is 0.325 e. The molecule has 0 saturated carbocycles. The van der Waals surface area contributed by atoms with Gasteiger partial charge in [0.1, 0.15) is 11.5 Å². The number of phenols is 1. The Kier molecular flexibility index (Phi) is 3.48. The van der Waals surface area contributed by atoms with Crippen molar-refractivity contribution in [2.45, 2.75) is 0 Å². The van der Waals surface area contributed by atoms with Gasteiger partial charge in [0.25, 0.3) is 0 Å². The van der Waals surface area contributed by atoms with Crippen LogP contribution in [-0.2, 0) is 4.79 Å². The summed E-state index contributed by atoms with van der Waals surface area (Å²) in [6.07, 6.45) is 0. The van der Waals surface area contributed by atoms with Crippen molar-refractivity contribution in [3.8, 4) is 11.5 Å². The van der Waals surface area contributed by atoms with Crippen LogP contribution in [0, 0.1) is 0 Å². The van der Waals surface area contributed by atoms with Crippen molar-refractivity contribution in [3.63, 3.8) is 0 Å². The van der Waals surface area contributed by atoms with Crippen LogP contribution in [0.2, 0.25) is 0 Å². The number of hydrogen-bond donors (Lipinski definition) is 1. The summed E-state index contributed by atoms with van der Waals surface area (Å²) in [6.45, 7) is 0.237. The number of likely N-dealkylation sites (N-methyl/N-ethyl adjacent to an activating group) is 1. The van der Waals surface area contributed by atoms with E-state index in [1.54, 1.807) is 31.1 Å². The van der Waals surface area contributed by atoms with E-state index in [2.05, 4.69) is 0 Å². The van der Waals surface area contributed by atoms with Gasteiger partial charge in [0.15, 0.2) is 0 Å². The molecule has 0 bridgehead atoms. The second-order valence-corrected chi connectivity index (χ2v) is 3.21. The van der Waals surface area contributed by atoms with Crippen LogP contribution in [0.25, 0.3) is 0 Å². The van der Waals surface area contributed by atoms with Crippen molar-refractivity contribution in [3.05, 3.63) is 24.3 Å². The van der Waals surface area contributed by atoms with E-state index in [-0.39, 0.29) is 18.3 Å². The molecule has 0 heterocycles. The smallest absolute Gasteiger partial charge is 0.325 e. The minimum Gasteiger partial charge on any atom is -0.508 e. The van der Waals surface area contributed by atoms with Crippen molar-refractivity contribution in [2.75, 3.05) is 20.6 Å². The predicted octanol–water partition coefficient (Wildman–Crippen LogP) is 0.859. The summed E-state index contributed by atoms with van der Waals surface area (Å²) in [5.74, 6) is 0.271. The molecule has 76 valence electrons. The summed E-state index contributed by atoms with van der Waals surface area (Å²) in [5.41, 5.74) is 0. The lowest BCUT2D eigenvalue weighted by Gasteiger charge is -2.08. The third-order valence-corrected chi connectivity index (χ3v) is 1.51. The number of esters is 1. The van der Waals surface area contributed by atoms with Crippen molar-refractivity contribution in [2.24, 2.45) is 0 Å². The van der Waals surface area contributed by atoms with E-state index in [0.29, 0.717) is 5.75 Å². The zero-order valence-electron chi connectivity index (χ0n) is 8.23. The summed E-state index contributed by atoms with van der Waals surface area (Å²) in [4.78, 5) is 12.9. The molecule has 4 heteroatoms. The van der Waals surface area contributed by atoms with Crippen LogP contribution in [0.5, 0.6) is 11.5 Å². The molecule has 0 saturated heterocycles. The molecule has 0 aliphatic rings. The molecule has 1 aromatic carbocycles. The van der Waals surface area contributed by atoms with Crippen LogP contribution < -0.4 is 4.74 Å². The molecular formula is C10H13NO3. The zero-order valence-corrected chi connectivity index (χ0v) is 8.23. The van der Waals surface area contributed by atoms with Gasteiger partial charge in [-0.2, -0.15) is 0 Å². The van der Waals surface area contributed by atoms with Gasteiger partial charge in [0.2, 0.25) is 0 Å². The number of nitrogens with zero attached hydrogens (tertiary/aromatic N) is 1. The van der Waals surface area contributed by atoms with Gasteiger partial charge >= 0.3 is 5.97 Å². The van der Waals surface area contributed by atoms with E-state index in [1.807, 2.05) is 0 Å². The highest BCUT2D eigenvalue weighted by atomic mass is 16.5. The van der Waals surface area contributed by atoms with E-state index >= 15 is 0 Å². The molecule has 1 rings (SSSR count). The van der Waals surface area contributed by atoms with Crippen LogP contribution in [0.4, 0.5) is 0 Å². The Hall–Kier alpha value is -1.55. The maximum absolute atomic E-state index is 11.2. The Morgan fingerprint density at radius 2 is 1.93 bits per heavy atom. The highest BCUT2D eigenvalue weighted by Crippen LogP contribution is 2.15. The van der Waals surface area contributed by atoms with E-state index in [0.717, 1.165) is 0 Å². The Morgan fingerprint density at radius 3 is 2.43 bits per heavy atom. The molecular weight excluding hydrogens is 182 g/mol. The normalized spacial score (nSPS) is 10.2. The summed E-state index contributed by atoms with van der Waals surface area (Å²) in [5, 5.41) is 8.99. The highest BCUT2D eigenvalue weighted by Gasteiger charge is 2.05. The Labute approximate surface area is 82.7 Å². The van der Waals surface area contributed by atoms with Gasteiger partial charge in [-0.1, -0.05) is 0 Å². The monoisotopic (exact) mass is 195 g/mol. The van der Waals surface area contributed by atoms with Crippen LogP contribution in [-0.4, -0.2) is 36.6 Å². The second-order valence-electron chi connectivity index (χ2n) is 3.21. The molecule has 1 N–H and O–H groups in total. The molecule has 0 aliphatic heterocycles. The third-order valence-electron chi connectivity index (χ3n) is 1.51. The minimum absolute atomic E-state index is 0.150. The van der Waals surface area contributed by atoms with Gasteiger partial charge in [-0.3, -0.25) is 9.69 Å². The van der Waals surface area contributed by atoms with Crippen molar-refractivity contribution < 1.29 is 14.6 Å².